The number of nitriles is 1. The van der Waals surface area contributed by atoms with Gasteiger partial charge in [0.2, 0.25) is 10.0 Å². The monoisotopic (exact) mass is 484 g/mol. The Morgan fingerprint density at radius 2 is 1.75 bits per heavy atom. The van der Waals surface area contributed by atoms with Crippen molar-refractivity contribution >= 4 is 21.6 Å². The lowest BCUT2D eigenvalue weighted by Gasteiger charge is -2.11. The predicted octanol–water partition coefficient (Wildman–Crippen LogP) is 5.64. The van der Waals surface area contributed by atoms with Crippen molar-refractivity contribution < 1.29 is 30.7 Å². The van der Waals surface area contributed by atoms with Gasteiger partial charge in [0.1, 0.15) is 28.9 Å². The first-order valence-corrected chi connectivity index (χ1v) is 10.7. The number of nitrogens with one attached hydrogen (secondary N) is 1. The fourth-order valence-corrected chi connectivity index (χ4v) is 3.92. The van der Waals surface area contributed by atoms with Crippen LogP contribution in [0.2, 0.25) is 5.02 Å². The summed E-state index contributed by atoms with van der Waals surface area (Å²) in [6.45, 7) is -0.546. The summed E-state index contributed by atoms with van der Waals surface area (Å²) in [5, 5.41) is 9.37. The van der Waals surface area contributed by atoms with Crippen LogP contribution in [0.25, 0.3) is 0 Å². The molecule has 32 heavy (non-hydrogen) atoms. The Morgan fingerprint density at radius 3 is 2.38 bits per heavy atom. The molecule has 3 aromatic carbocycles. The molecule has 0 radical (unpaired) electrons. The maximum atomic E-state index is 13.5. The minimum Gasteiger partial charge on any atom is -0.456 e. The molecule has 0 atom stereocenters. The fourth-order valence-electron chi connectivity index (χ4n) is 2.69. The first kappa shape index (κ1) is 23.5. The average molecular weight is 485 g/mol. The second-order valence-corrected chi connectivity index (χ2v) is 8.64. The van der Waals surface area contributed by atoms with E-state index in [2.05, 4.69) is 4.72 Å². The molecular formula is C21H13ClF4N2O3S. The van der Waals surface area contributed by atoms with Gasteiger partial charge in [-0.05, 0) is 60.2 Å². The van der Waals surface area contributed by atoms with Crippen LogP contribution >= 0.6 is 11.6 Å². The second-order valence-electron chi connectivity index (χ2n) is 6.47. The predicted molar refractivity (Wildman–Crippen MR) is 108 cm³/mol. The molecule has 0 bridgehead atoms. The fraction of sp³-hybridized carbons (Fsp3) is 0.0952. The van der Waals surface area contributed by atoms with E-state index in [9.17, 15) is 31.2 Å². The molecule has 5 nitrogen and oxygen atoms in total. The van der Waals surface area contributed by atoms with Crippen LogP contribution in [0.4, 0.5) is 17.6 Å². The number of hydrogen-bond donors (Lipinski definition) is 1. The molecule has 0 unspecified atom stereocenters. The Morgan fingerprint density at radius 1 is 1.06 bits per heavy atom. The highest BCUT2D eigenvalue weighted by molar-refractivity contribution is 7.89. The highest BCUT2D eigenvalue weighted by Gasteiger charge is 2.31. The van der Waals surface area contributed by atoms with Gasteiger partial charge in [0, 0.05) is 6.54 Å². The van der Waals surface area contributed by atoms with Gasteiger partial charge in [-0.25, -0.2) is 17.5 Å². The highest BCUT2D eigenvalue weighted by atomic mass is 35.5. The number of ether oxygens (including phenoxy) is 1. The summed E-state index contributed by atoms with van der Waals surface area (Å²) in [4.78, 5) is -0.191. The molecule has 0 amide bonds. The summed E-state index contributed by atoms with van der Waals surface area (Å²) >= 11 is 5.93. The number of nitrogens with zero attached hydrogens (tertiary/aromatic N) is 1. The van der Waals surface area contributed by atoms with Gasteiger partial charge in [-0.1, -0.05) is 17.7 Å². The number of halogens is 5. The van der Waals surface area contributed by atoms with Crippen molar-refractivity contribution in [1.29, 1.82) is 5.26 Å². The minimum atomic E-state index is -4.76. The zero-order chi connectivity index (χ0) is 23.5. The molecule has 0 saturated carbocycles. The lowest BCUT2D eigenvalue weighted by molar-refractivity contribution is -0.137. The maximum Gasteiger partial charge on any atom is 0.416 e. The van der Waals surface area contributed by atoms with E-state index < -0.39 is 34.1 Å². The Labute approximate surface area is 185 Å². The van der Waals surface area contributed by atoms with Crippen LogP contribution in [0.15, 0.2) is 65.6 Å². The van der Waals surface area contributed by atoms with Crippen LogP contribution < -0.4 is 9.46 Å². The summed E-state index contributed by atoms with van der Waals surface area (Å²) in [7, 11) is -4.11. The van der Waals surface area contributed by atoms with Gasteiger partial charge in [-0.15, -0.1) is 0 Å². The zero-order valence-corrected chi connectivity index (χ0v) is 17.5. The van der Waals surface area contributed by atoms with E-state index in [0.29, 0.717) is 12.1 Å². The van der Waals surface area contributed by atoms with Gasteiger partial charge in [0.25, 0.3) is 0 Å². The van der Waals surface area contributed by atoms with E-state index in [1.165, 1.54) is 36.4 Å². The SMILES string of the molecule is N#Cc1c(Cl)cccc1Oc1ccc(S(=O)(=O)NCc2cc(F)cc(C(F)(F)F)c2)cc1. The topological polar surface area (TPSA) is 79.2 Å². The molecule has 11 heteroatoms. The number of benzene rings is 3. The third kappa shape index (κ3) is 5.56. The minimum absolute atomic E-state index is 0.112. The molecule has 0 saturated heterocycles. The van der Waals surface area contributed by atoms with E-state index in [0.717, 1.165) is 6.07 Å². The average Bonchev–Trinajstić information content (AvgIpc) is 2.72. The van der Waals surface area contributed by atoms with Crippen LogP contribution in [0, 0.1) is 17.1 Å². The summed E-state index contributed by atoms with van der Waals surface area (Å²) in [6.07, 6.45) is -4.76. The normalized spacial score (nSPS) is 11.8. The molecule has 166 valence electrons. The Kier molecular flexibility index (Phi) is 6.74. The van der Waals surface area contributed by atoms with Crippen LogP contribution in [-0.2, 0) is 22.7 Å². The van der Waals surface area contributed by atoms with Crippen molar-refractivity contribution in [3.63, 3.8) is 0 Å². The molecule has 0 spiro atoms. The van der Waals surface area contributed by atoms with Crippen molar-refractivity contribution in [3.05, 3.63) is 88.2 Å². The van der Waals surface area contributed by atoms with Gasteiger partial charge in [0.15, 0.2) is 0 Å². The maximum absolute atomic E-state index is 13.5. The molecule has 0 aliphatic rings. The van der Waals surface area contributed by atoms with Gasteiger partial charge in [-0.3, -0.25) is 0 Å². The highest BCUT2D eigenvalue weighted by Crippen LogP contribution is 2.31. The second kappa shape index (κ2) is 9.16. The van der Waals surface area contributed by atoms with Gasteiger partial charge in [-0.2, -0.15) is 18.4 Å². The zero-order valence-electron chi connectivity index (χ0n) is 16.0. The number of hydrogen-bond acceptors (Lipinski definition) is 4. The molecule has 0 fully saturated rings. The van der Waals surface area contributed by atoms with E-state index in [1.54, 1.807) is 6.07 Å². The van der Waals surface area contributed by atoms with Crippen molar-refractivity contribution in [3.8, 4) is 17.6 Å². The smallest absolute Gasteiger partial charge is 0.416 e. The molecule has 3 rings (SSSR count). The van der Waals surface area contributed by atoms with Gasteiger partial charge < -0.3 is 4.74 Å². The van der Waals surface area contributed by atoms with Crippen LogP contribution in [-0.4, -0.2) is 8.42 Å². The van der Waals surface area contributed by atoms with Crippen LogP contribution in [0.3, 0.4) is 0 Å². The first-order chi connectivity index (χ1) is 15.0. The quantitative estimate of drug-likeness (QED) is 0.459. The third-order valence-electron chi connectivity index (χ3n) is 4.20. The van der Waals surface area contributed by atoms with Gasteiger partial charge >= 0.3 is 6.18 Å². The van der Waals surface area contributed by atoms with Gasteiger partial charge in [0.05, 0.1) is 15.5 Å². The lowest BCUT2D eigenvalue weighted by atomic mass is 10.1. The van der Waals surface area contributed by atoms with E-state index >= 15 is 0 Å². The van der Waals surface area contributed by atoms with Crippen molar-refractivity contribution in [2.24, 2.45) is 0 Å². The first-order valence-electron chi connectivity index (χ1n) is 8.82. The molecule has 0 aromatic heterocycles. The Bertz CT molecular complexity index is 1290. The third-order valence-corrected chi connectivity index (χ3v) is 5.93. The number of rotatable bonds is 6. The van der Waals surface area contributed by atoms with E-state index in [-0.39, 0.29) is 32.5 Å². The largest absolute Gasteiger partial charge is 0.456 e. The van der Waals surface area contributed by atoms with Crippen molar-refractivity contribution in [2.75, 3.05) is 0 Å². The Balaban J connectivity index is 1.74. The summed E-state index contributed by atoms with van der Waals surface area (Å²) in [5.41, 5.74) is -1.29. The number of alkyl halides is 3. The molecule has 0 aliphatic heterocycles. The summed E-state index contributed by atoms with van der Waals surface area (Å²) in [6, 6.07) is 13.4. The molecule has 1 N–H and O–H groups in total. The molecule has 0 aliphatic carbocycles. The standard InChI is InChI=1S/C21H13ClF4N2O3S/c22-19-2-1-3-20(18(19)11-27)31-16-4-6-17(7-5-16)32(29,30)28-12-13-8-14(21(24,25)26)10-15(23)9-13/h1-10,28H,12H2. The summed E-state index contributed by atoms with van der Waals surface area (Å²) in [5.74, 6) is -0.726. The lowest BCUT2D eigenvalue weighted by Crippen LogP contribution is -2.23. The van der Waals surface area contributed by atoms with E-state index in [4.69, 9.17) is 16.3 Å². The number of sulfonamides is 1. The van der Waals surface area contributed by atoms with Crippen LogP contribution in [0.1, 0.15) is 16.7 Å². The molecular weight excluding hydrogens is 472 g/mol. The molecule has 0 heterocycles. The van der Waals surface area contributed by atoms with Crippen molar-refractivity contribution in [1.82, 2.24) is 4.72 Å². The van der Waals surface area contributed by atoms with Crippen molar-refractivity contribution in [2.45, 2.75) is 17.6 Å². The molecule has 3 aromatic rings. The Hall–Kier alpha value is -3.13. The summed E-state index contributed by atoms with van der Waals surface area (Å²) < 4.78 is 84.5. The van der Waals surface area contributed by atoms with Crippen LogP contribution in [0.5, 0.6) is 11.5 Å². The van der Waals surface area contributed by atoms with E-state index in [1.807, 2.05) is 6.07 Å².